The summed E-state index contributed by atoms with van der Waals surface area (Å²) in [6.07, 6.45) is 4.62. The van der Waals surface area contributed by atoms with Gasteiger partial charge in [-0.1, -0.05) is 23.7 Å². The van der Waals surface area contributed by atoms with Crippen molar-refractivity contribution in [3.63, 3.8) is 0 Å². The Morgan fingerprint density at radius 3 is 2.37 bits per heavy atom. The van der Waals surface area contributed by atoms with Gasteiger partial charge in [-0.3, -0.25) is 0 Å². The molecule has 2 rings (SSSR count). The summed E-state index contributed by atoms with van der Waals surface area (Å²) in [6.45, 7) is 3.71. The van der Waals surface area contributed by atoms with Crippen LogP contribution in [0.1, 0.15) is 24.8 Å². The first-order valence-corrected chi connectivity index (χ1v) is 7.23. The zero-order chi connectivity index (χ0) is 12.8. The first kappa shape index (κ1) is 17.0. The average Bonchev–Trinajstić information content (AvgIpc) is 2.41. The first-order chi connectivity index (χ1) is 8.78. The van der Waals surface area contributed by atoms with E-state index in [9.17, 15) is 0 Å². The predicted octanol–water partition coefficient (Wildman–Crippen LogP) is 3.55. The summed E-state index contributed by atoms with van der Waals surface area (Å²) in [5, 5.41) is 9.65. The van der Waals surface area contributed by atoms with Gasteiger partial charge in [0.1, 0.15) is 0 Å². The zero-order valence-corrected chi connectivity index (χ0v) is 13.7. The van der Waals surface area contributed by atoms with Crippen molar-refractivity contribution in [1.82, 2.24) is 4.90 Å². The second kappa shape index (κ2) is 8.96. The molecule has 0 saturated carbocycles. The molecule has 19 heavy (non-hydrogen) atoms. The number of likely N-dealkylation sites (tertiary alicyclic amines) is 1. The van der Waals surface area contributed by atoms with Crippen molar-refractivity contribution in [2.75, 3.05) is 26.2 Å². The van der Waals surface area contributed by atoms with E-state index >= 15 is 0 Å². The van der Waals surface area contributed by atoms with E-state index in [4.69, 9.17) is 16.7 Å². The Labute approximate surface area is 131 Å². The number of aliphatic hydroxyl groups excluding tert-OH is 1. The molecule has 0 amide bonds. The van der Waals surface area contributed by atoms with Crippen LogP contribution in [0.5, 0.6) is 0 Å². The largest absolute Gasteiger partial charge is 0.396 e. The Morgan fingerprint density at radius 2 is 1.79 bits per heavy atom. The van der Waals surface area contributed by atoms with Gasteiger partial charge in [-0.2, -0.15) is 0 Å². The highest BCUT2D eigenvalue weighted by Gasteiger charge is 2.18. The van der Waals surface area contributed by atoms with Gasteiger partial charge in [-0.25, -0.2) is 0 Å². The third-order valence-corrected chi connectivity index (χ3v) is 4.03. The fourth-order valence-corrected chi connectivity index (χ4v) is 2.79. The molecule has 0 bridgehead atoms. The molecule has 4 heteroatoms. The number of piperidine rings is 1. The second-order valence-electron chi connectivity index (χ2n) is 5.19. The topological polar surface area (TPSA) is 23.5 Å². The summed E-state index contributed by atoms with van der Waals surface area (Å²) in [5.74, 6) is 0.802. The smallest absolute Gasteiger partial charge is 0.0443 e. The normalized spacial score (nSPS) is 17.2. The summed E-state index contributed by atoms with van der Waals surface area (Å²) < 4.78 is 0. The van der Waals surface area contributed by atoms with Crippen LogP contribution in [-0.4, -0.2) is 36.2 Å². The Bertz CT molecular complexity index is 350. The van der Waals surface area contributed by atoms with E-state index < -0.39 is 0 Å². The quantitative estimate of drug-likeness (QED) is 0.879. The lowest BCUT2D eigenvalue weighted by Crippen LogP contribution is -2.35. The highest BCUT2D eigenvalue weighted by atomic mass is 79.9. The van der Waals surface area contributed by atoms with Gasteiger partial charge in [0.05, 0.1) is 0 Å². The van der Waals surface area contributed by atoms with Crippen LogP contribution < -0.4 is 0 Å². The molecule has 108 valence electrons. The number of nitrogens with zero attached hydrogens (tertiary/aromatic N) is 1. The maximum Gasteiger partial charge on any atom is 0.0443 e. The molecule has 0 spiro atoms. The van der Waals surface area contributed by atoms with Gasteiger partial charge < -0.3 is 10.0 Å². The van der Waals surface area contributed by atoms with E-state index in [1.807, 2.05) is 12.1 Å². The SMILES string of the molecule is Br.OCCCN1CCC(Cc2ccc(Cl)cc2)CC1. The lowest BCUT2D eigenvalue weighted by molar-refractivity contribution is 0.167. The van der Waals surface area contributed by atoms with Crippen molar-refractivity contribution in [1.29, 1.82) is 0 Å². The fraction of sp³-hybridized carbons (Fsp3) is 0.600. The number of rotatable bonds is 5. The van der Waals surface area contributed by atoms with Crippen LogP contribution >= 0.6 is 28.6 Å². The van der Waals surface area contributed by atoms with E-state index in [-0.39, 0.29) is 17.0 Å². The van der Waals surface area contributed by atoms with E-state index in [1.54, 1.807) is 0 Å². The molecule has 1 aliphatic rings. The van der Waals surface area contributed by atoms with Crippen molar-refractivity contribution >= 4 is 28.6 Å². The summed E-state index contributed by atoms with van der Waals surface area (Å²) in [5.41, 5.74) is 1.40. The lowest BCUT2D eigenvalue weighted by Gasteiger charge is -2.31. The van der Waals surface area contributed by atoms with Gasteiger partial charge in [-0.05, 0) is 62.4 Å². The van der Waals surface area contributed by atoms with Gasteiger partial charge in [0.25, 0.3) is 0 Å². The molecular formula is C15H23BrClNO. The highest BCUT2D eigenvalue weighted by Crippen LogP contribution is 2.22. The van der Waals surface area contributed by atoms with Crippen molar-refractivity contribution in [3.8, 4) is 0 Å². The van der Waals surface area contributed by atoms with Crippen LogP contribution in [0.2, 0.25) is 5.02 Å². The average molecular weight is 349 g/mol. The number of hydrogen-bond acceptors (Lipinski definition) is 2. The van der Waals surface area contributed by atoms with Crippen LogP contribution in [0.3, 0.4) is 0 Å². The van der Waals surface area contributed by atoms with Gasteiger partial charge in [0, 0.05) is 18.2 Å². The van der Waals surface area contributed by atoms with Crippen molar-refractivity contribution < 1.29 is 5.11 Å². The molecule has 0 radical (unpaired) electrons. The molecule has 1 aliphatic heterocycles. The van der Waals surface area contributed by atoms with Crippen molar-refractivity contribution in [2.24, 2.45) is 5.92 Å². The zero-order valence-electron chi connectivity index (χ0n) is 11.2. The maximum absolute atomic E-state index is 8.83. The van der Waals surface area contributed by atoms with E-state index in [0.29, 0.717) is 6.61 Å². The van der Waals surface area contributed by atoms with Crippen molar-refractivity contribution in [3.05, 3.63) is 34.9 Å². The summed E-state index contributed by atoms with van der Waals surface area (Å²) >= 11 is 5.89. The highest BCUT2D eigenvalue weighted by molar-refractivity contribution is 8.93. The Hall–Kier alpha value is -0.0900. The van der Waals surface area contributed by atoms with Crippen LogP contribution in [0.4, 0.5) is 0 Å². The number of halogens is 2. The molecule has 1 heterocycles. The van der Waals surface area contributed by atoms with E-state index in [0.717, 1.165) is 23.9 Å². The predicted molar refractivity (Wildman–Crippen MR) is 86.3 cm³/mol. The Balaban J connectivity index is 0.00000180. The molecule has 1 aromatic carbocycles. The van der Waals surface area contributed by atoms with Crippen LogP contribution in [0, 0.1) is 5.92 Å². The lowest BCUT2D eigenvalue weighted by atomic mass is 9.90. The van der Waals surface area contributed by atoms with E-state index in [2.05, 4.69) is 17.0 Å². The van der Waals surface area contributed by atoms with Crippen molar-refractivity contribution in [2.45, 2.75) is 25.7 Å². The van der Waals surface area contributed by atoms with Gasteiger partial charge in [-0.15, -0.1) is 17.0 Å². The molecule has 1 saturated heterocycles. The molecular weight excluding hydrogens is 326 g/mol. The Kier molecular flexibility index (Phi) is 8.00. The van der Waals surface area contributed by atoms with E-state index in [1.165, 1.54) is 37.9 Å². The number of aliphatic hydroxyl groups is 1. The summed E-state index contributed by atoms with van der Waals surface area (Å²) in [4.78, 5) is 2.47. The summed E-state index contributed by atoms with van der Waals surface area (Å²) in [7, 11) is 0. The number of hydrogen-bond donors (Lipinski definition) is 1. The minimum atomic E-state index is 0. The second-order valence-corrected chi connectivity index (χ2v) is 5.63. The Morgan fingerprint density at radius 1 is 1.16 bits per heavy atom. The molecule has 1 fully saturated rings. The van der Waals surface area contributed by atoms with Gasteiger partial charge >= 0.3 is 0 Å². The first-order valence-electron chi connectivity index (χ1n) is 6.85. The maximum atomic E-state index is 8.83. The minimum Gasteiger partial charge on any atom is -0.396 e. The van der Waals surface area contributed by atoms with Gasteiger partial charge in [0.15, 0.2) is 0 Å². The third kappa shape index (κ3) is 5.82. The van der Waals surface area contributed by atoms with Crippen LogP contribution in [0.25, 0.3) is 0 Å². The molecule has 0 unspecified atom stereocenters. The fourth-order valence-electron chi connectivity index (χ4n) is 2.66. The van der Waals surface area contributed by atoms with Gasteiger partial charge in [0.2, 0.25) is 0 Å². The van der Waals surface area contributed by atoms with Crippen LogP contribution in [-0.2, 0) is 6.42 Å². The third-order valence-electron chi connectivity index (χ3n) is 3.78. The number of benzene rings is 1. The standard InChI is InChI=1S/C15H22ClNO.BrH/c16-15-4-2-13(3-5-15)12-14-6-9-17(10-7-14)8-1-11-18;/h2-5,14,18H,1,6-12H2;1H. The molecule has 0 aromatic heterocycles. The molecule has 0 atom stereocenters. The molecule has 2 nitrogen and oxygen atoms in total. The summed E-state index contributed by atoms with van der Waals surface area (Å²) in [6, 6.07) is 8.24. The monoisotopic (exact) mass is 347 g/mol. The molecule has 1 aromatic rings. The molecule has 0 aliphatic carbocycles. The molecule has 1 N–H and O–H groups in total. The minimum absolute atomic E-state index is 0. The van der Waals surface area contributed by atoms with Crippen LogP contribution in [0.15, 0.2) is 24.3 Å².